The number of ether oxygens (including phenoxy) is 4. The highest BCUT2D eigenvalue weighted by Crippen LogP contribution is 2.30. The number of hydrogen-bond donors (Lipinski definition) is 1. The molecule has 0 spiro atoms. The number of halogens is 5. The van der Waals surface area contributed by atoms with Crippen LogP contribution in [0.15, 0.2) is 30.3 Å². The largest absolute Gasteiger partial charge is 0.462 e. The number of carbonyl (C=O) groups is 4. The molecule has 0 aliphatic carbocycles. The molecule has 2 aromatic carbocycles. The fourth-order valence-corrected chi connectivity index (χ4v) is 4.01. The normalized spacial score (nSPS) is 16.9. The number of esters is 3. The Morgan fingerprint density at radius 2 is 1.62 bits per heavy atom. The second kappa shape index (κ2) is 15.1. The third-order valence-corrected chi connectivity index (χ3v) is 6.26. The second-order valence-electron chi connectivity index (χ2n) is 9.37. The molecule has 0 saturated carbocycles. The molecule has 9 nitrogen and oxygen atoms in total. The fourth-order valence-electron chi connectivity index (χ4n) is 4.01. The lowest BCUT2D eigenvalue weighted by atomic mass is 10.0. The smallest absolute Gasteiger partial charge is 0.407 e. The van der Waals surface area contributed by atoms with Crippen molar-refractivity contribution in [1.82, 2.24) is 5.32 Å². The van der Waals surface area contributed by atoms with Crippen molar-refractivity contribution in [2.45, 2.75) is 64.3 Å². The zero-order valence-corrected chi connectivity index (χ0v) is 22.4. The summed E-state index contributed by atoms with van der Waals surface area (Å²) in [7, 11) is 0. The third-order valence-electron chi connectivity index (χ3n) is 6.26. The summed E-state index contributed by atoms with van der Waals surface area (Å²) in [6, 6.07) is 8.59. The molecule has 0 bridgehead atoms. The highest BCUT2D eigenvalue weighted by Gasteiger charge is 2.42. The Morgan fingerprint density at radius 3 is 2.26 bits per heavy atom. The minimum atomic E-state index is -2.47. The van der Waals surface area contributed by atoms with Gasteiger partial charge in [0.05, 0.1) is 0 Å². The minimum absolute atomic E-state index is 0.0507. The van der Waals surface area contributed by atoms with Crippen LogP contribution in [0.1, 0.15) is 51.0 Å². The predicted molar refractivity (Wildman–Crippen MR) is 133 cm³/mol. The molecule has 1 aliphatic heterocycles. The van der Waals surface area contributed by atoms with E-state index in [0.29, 0.717) is 12.0 Å². The number of alkyl carbamates (subject to hydrolysis) is 1. The van der Waals surface area contributed by atoms with Crippen LogP contribution in [0.25, 0.3) is 0 Å². The van der Waals surface area contributed by atoms with E-state index in [0.717, 1.165) is 19.3 Å². The lowest BCUT2D eigenvalue weighted by molar-refractivity contribution is -0.168. The summed E-state index contributed by atoms with van der Waals surface area (Å²) in [4.78, 5) is 49.8. The van der Waals surface area contributed by atoms with Crippen molar-refractivity contribution >= 4 is 24.0 Å². The first-order chi connectivity index (χ1) is 20.0. The fraction of sp³-hybridized carbons (Fsp3) is 0.429. The van der Waals surface area contributed by atoms with E-state index in [-0.39, 0.29) is 13.0 Å². The van der Waals surface area contributed by atoms with Crippen LogP contribution in [0, 0.1) is 35.0 Å². The van der Waals surface area contributed by atoms with Crippen LogP contribution in [0.4, 0.5) is 26.7 Å². The Kier molecular flexibility index (Phi) is 11.6. The number of carbonyl (C=O) groups excluding carboxylic acids is 4. The summed E-state index contributed by atoms with van der Waals surface area (Å²) < 4.78 is 88.5. The maximum absolute atomic E-state index is 14.1. The standard InChI is InChI=1S/C28H28F5NO8/c1-2-3-5-10-16-13-17(25(35)40-16)26(36)41-18(11-12-34-28(38)39-14-15-8-6-4-7-9-15)27(37)42-24-22(32)20(30)19(29)21(31)23(24)33/h4,6-9,16-18H,2-3,5,10-14H2,1H3,(H,34,38)/t16-,17?,18?/m0/s1. The summed E-state index contributed by atoms with van der Waals surface area (Å²) in [6.07, 6.45) is -1.17. The van der Waals surface area contributed by atoms with Crippen LogP contribution in [-0.4, -0.2) is 42.8 Å². The van der Waals surface area contributed by atoms with E-state index in [1.54, 1.807) is 30.3 Å². The van der Waals surface area contributed by atoms with Crippen molar-refractivity contribution in [2.24, 2.45) is 5.92 Å². The molecule has 0 aromatic heterocycles. The molecule has 1 amide bonds. The average molecular weight is 602 g/mol. The van der Waals surface area contributed by atoms with E-state index in [4.69, 9.17) is 14.2 Å². The van der Waals surface area contributed by atoms with Gasteiger partial charge >= 0.3 is 24.0 Å². The third kappa shape index (κ3) is 8.40. The first-order valence-electron chi connectivity index (χ1n) is 13.1. The molecule has 14 heteroatoms. The number of nitrogens with one attached hydrogen (secondary N) is 1. The first-order valence-corrected chi connectivity index (χ1v) is 13.1. The molecule has 2 aromatic rings. The van der Waals surface area contributed by atoms with Gasteiger partial charge < -0.3 is 24.3 Å². The van der Waals surface area contributed by atoms with Crippen LogP contribution in [0.5, 0.6) is 5.75 Å². The van der Waals surface area contributed by atoms with Crippen molar-refractivity contribution in [1.29, 1.82) is 0 Å². The lowest BCUT2D eigenvalue weighted by Gasteiger charge is -2.19. The minimum Gasteiger partial charge on any atom is -0.462 e. The van der Waals surface area contributed by atoms with Gasteiger partial charge in [-0.15, -0.1) is 0 Å². The van der Waals surface area contributed by atoms with Crippen LogP contribution < -0.4 is 10.1 Å². The molecule has 42 heavy (non-hydrogen) atoms. The van der Waals surface area contributed by atoms with Gasteiger partial charge in [-0.05, 0) is 18.4 Å². The van der Waals surface area contributed by atoms with Crippen molar-refractivity contribution in [3.05, 3.63) is 65.0 Å². The SMILES string of the molecule is CCCCC[C@H]1CC(C(=O)OC(CCNC(=O)OCc2ccccc2)C(=O)Oc2c(F)c(F)c(F)c(F)c2F)C(=O)O1. The van der Waals surface area contributed by atoms with E-state index in [1.165, 1.54) is 0 Å². The molecule has 3 atom stereocenters. The van der Waals surface area contributed by atoms with Gasteiger partial charge in [-0.2, -0.15) is 8.78 Å². The molecular formula is C28H28F5NO8. The van der Waals surface area contributed by atoms with Gasteiger partial charge in [-0.25, -0.2) is 22.8 Å². The molecule has 228 valence electrons. The Morgan fingerprint density at radius 1 is 0.976 bits per heavy atom. The molecule has 1 saturated heterocycles. The van der Waals surface area contributed by atoms with E-state index >= 15 is 0 Å². The van der Waals surface area contributed by atoms with Crippen molar-refractivity contribution in [3.63, 3.8) is 0 Å². The van der Waals surface area contributed by atoms with Crippen molar-refractivity contribution in [2.75, 3.05) is 6.54 Å². The Balaban J connectivity index is 1.69. The summed E-state index contributed by atoms with van der Waals surface area (Å²) >= 11 is 0. The Labute approximate surface area is 237 Å². The van der Waals surface area contributed by atoms with Crippen LogP contribution in [0.2, 0.25) is 0 Å². The van der Waals surface area contributed by atoms with Gasteiger partial charge in [0.2, 0.25) is 40.9 Å². The highest BCUT2D eigenvalue weighted by atomic mass is 19.2. The number of hydrogen-bond acceptors (Lipinski definition) is 8. The molecule has 1 heterocycles. The van der Waals surface area contributed by atoms with E-state index in [9.17, 15) is 41.1 Å². The highest BCUT2D eigenvalue weighted by molar-refractivity contribution is 5.97. The lowest BCUT2D eigenvalue weighted by Crippen LogP contribution is -2.38. The number of cyclic esters (lactones) is 1. The molecule has 1 aliphatic rings. The maximum Gasteiger partial charge on any atom is 0.407 e. The Hall–Kier alpha value is -4.23. The molecule has 0 radical (unpaired) electrons. The van der Waals surface area contributed by atoms with Gasteiger partial charge in [0.15, 0.2) is 5.92 Å². The summed E-state index contributed by atoms with van der Waals surface area (Å²) in [5, 5.41) is 2.27. The van der Waals surface area contributed by atoms with Gasteiger partial charge in [0.25, 0.3) is 0 Å². The predicted octanol–water partition coefficient (Wildman–Crippen LogP) is 5.03. The molecular weight excluding hydrogens is 573 g/mol. The van der Waals surface area contributed by atoms with Crippen molar-refractivity contribution in [3.8, 4) is 5.75 Å². The van der Waals surface area contributed by atoms with E-state index in [1.807, 2.05) is 6.92 Å². The van der Waals surface area contributed by atoms with Crippen molar-refractivity contribution < 1.29 is 60.1 Å². The topological polar surface area (TPSA) is 117 Å². The van der Waals surface area contributed by atoms with Crippen LogP contribution in [0.3, 0.4) is 0 Å². The van der Waals surface area contributed by atoms with Crippen LogP contribution >= 0.6 is 0 Å². The monoisotopic (exact) mass is 601 g/mol. The van der Waals surface area contributed by atoms with Gasteiger partial charge in [-0.1, -0.05) is 50.1 Å². The van der Waals surface area contributed by atoms with Gasteiger partial charge in [0, 0.05) is 19.4 Å². The number of amides is 1. The van der Waals surface area contributed by atoms with E-state index < -0.39 is 89.9 Å². The molecule has 2 unspecified atom stereocenters. The summed E-state index contributed by atoms with van der Waals surface area (Å²) in [5.74, 6) is -19.3. The van der Waals surface area contributed by atoms with Gasteiger partial charge in [0.1, 0.15) is 12.7 Å². The zero-order valence-electron chi connectivity index (χ0n) is 22.4. The number of unbranched alkanes of at least 4 members (excludes halogenated alkanes) is 2. The summed E-state index contributed by atoms with van der Waals surface area (Å²) in [5.41, 5.74) is 0.669. The zero-order chi connectivity index (χ0) is 30.8. The second-order valence-corrected chi connectivity index (χ2v) is 9.37. The van der Waals surface area contributed by atoms with E-state index in [2.05, 4.69) is 10.1 Å². The molecule has 1 fully saturated rings. The number of benzene rings is 2. The van der Waals surface area contributed by atoms with Gasteiger partial charge in [-0.3, -0.25) is 9.59 Å². The maximum atomic E-state index is 14.1. The molecule has 3 rings (SSSR count). The Bertz CT molecular complexity index is 1260. The average Bonchev–Trinajstić information content (AvgIpc) is 3.36. The quantitative estimate of drug-likeness (QED) is 0.0497. The first kappa shape index (κ1) is 32.3. The summed E-state index contributed by atoms with van der Waals surface area (Å²) in [6.45, 7) is 1.45. The van der Waals surface area contributed by atoms with Crippen LogP contribution in [-0.2, 0) is 35.2 Å². The molecule has 1 N–H and O–H groups in total. The number of rotatable bonds is 13.